The van der Waals surface area contributed by atoms with Gasteiger partial charge in [-0.1, -0.05) is 18.2 Å². The maximum absolute atomic E-state index is 11.6. The molecule has 1 heterocycles. The Hall–Kier alpha value is -2.08. The molecule has 0 bridgehead atoms. The van der Waals surface area contributed by atoms with E-state index in [0.29, 0.717) is 10.7 Å². The van der Waals surface area contributed by atoms with Gasteiger partial charge in [0.25, 0.3) is 5.88 Å². The number of ether oxygens (including phenoxy) is 1. The molecule has 0 aliphatic rings. The average Bonchev–Trinajstić information content (AvgIpc) is 2.77. The maximum Gasteiger partial charge on any atom is 0.418 e. The predicted molar refractivity (Wildman–Crippen MR) is 67.7 cm³/mol. The number of hydrogen-bond donors (Lipinski definition) is 2. The molecule has 0 saturated heterocycles. The van der Waals surface area contributed by atoms with Crippen molar-refractivity contribution in [2.45, 2.75) is 0 Å². The van der Waals surface area contributed by atoms with Gasteiger partial charge in [-0.25, -0.2) is 9.78 Å². The van der Waals surface area contributed by atoms with E-state index in [9.17, 15) is 4.79 Å². The van der Waals surface area contributed by atoms with Crippen LogP contribution in [0.25, 0.3) is 0 Å². The monoisotopic (exact) mass is 249 g/mol. The molecule has 2 N–H and O–H groups in total. The molecule has 0 fully saturated rings. The third-order valence-electron chi connectivity index (χ3n) is 1.97. The highest BCUT2D eigenvalue weighted by atomic mass is 32.1. The van der Waals surface area contributed by atoms with Crippen LogP contribution in [0.15, 0.2) is 35.8 Å². The van der Waals surface area contributed by atoms with Crippen LogP contribution in [0, 0.1) is 0 Å². The minimum absolute atomic E-state index is 0.283. The lowest BCUT2D eigenvalue weighted by molar-refractivity contribution is 0.214. The number of anilines is 2. The molecule has 0 spiro atoms. The fraction of sp³-hybridized carbons (Fsp3) is 0.0909. The summed E-state index contributed by atoms with van der Waals surface area (Å²) in [6, 6.07) is 9.09. The number of thiazole rings is 1. The van der Waals surface area contributed by atoms with Crippen molar-refractivity contribution in [2.24, 2.45) is 0 Å². The highest BCUT2D eigenvalue weighted by Gasteiger charge is 2.11. The van der Waals surface area contributed by atoms with Crippen LogP contribution in [0.1, 0.15) is 0 Å². The molecule has 1 aromatic carbocycles. The molecular formula is C11H11N3O2S. The average molecular weight is 249 g/mol. The zero-order valence-electron chi connectivity index (χ0n) is 9.14. The van der Waals surface area contributed by atoms with Gasteiger partial charge in [0, 0.05) is 12.7 Å². The molecule has 0 aliphatic carbocycles. The Morgan fingerprint density at radius 3 is 2.82 bits per heavy atom. The first-order valence-electron chi connectivity index (χ1n) is 4.94. The van der Waals surface area contributed by atoms with Gasteiger partial charge in [0.1, 0.15) is 0 Å². The van der Waals surface area contributed by atoms with Crippen molar-refractivity contribution in [1.29, 1.82) is 0 Å². The molecule has 88 valence electrons. The van der Waals surface area contributed by atoms with Crippen LogP contribution < -0.4 is 15.4 Å². The number of carbonyl (C=O) groups is 1. The Kier molecular flexibility index (Phi) is 3.56. The van der Waals surface area contributed by atoms with Crippen LogP contribution in [0.2, 0.25) is 0 Å². The standard InChI is InChI=1S/C11H11N3O2S/c1-12-10-9(13-7-17-10)16-11(15)14-8-5-3-2-4-6-8/h2-7,12H,1H3,(H,14,15). The van der Waals surface area contributed by atoms with Crippen LogP contribution in [0.4, 0.5) is 15.5 Å². The van der Waals surface area contributed by atoms with Gasteiger partial charge in [-0.05, 0) is 12.1 Å². The summed E-state index contributed by atoms with van der Waals surface area (Å²) >= 11 is 1.37. The fourth-order valence-electron chi connectivity index (χ4n) is 1.23. The van der Waals surface area contributed by atoms with E-state index >= 15 is 0 Å². The van der Waals surface area contributed by atoms with Crippen LogP contribution >= 0.6 is 11.3 Å². The van der Waals surface area contributed by atoms with Gasteiger partial charge in [0.05, 0.1) is 5.51 Å². The first-order chi connectivity index (χ1) is 8.29. The highest BCUT2D eigenvalue weighted by molar-refractivity contribution is 7.14. The van der Waals surface area contributed by atoms with Gasteiger partial charge in [-0.3, -0.25) is 5.32 Å². The number of aromatic nitrogens is 1. The molecule has 5 nitrogen and oxygen atoms in total. The number of benzene rings is 1. The van der Waals surface area contributed by atoms with Crippen molar-refractivity contribution in [2.75, 3.05) is 17.7 Å². The number of para-hydroxylation sites is 1. The summed E-state index contributed by atoms with van der Waals surface area (Å²) in [5.74, 6) is 0.283. The van der Waals surface area contributed by atoms with Crippen LogP contribution in [0.5, 0.6) is 5.88 Å². The molecule has 0 aliphatic heterocycles. The summed E-state index contributed by atoms with van der Waals surface area (Å²) in [6.45, 7) is 0. The van der Waals surface area contributed by atoms with E-state index in [1.54, 1.807) is 24.7 Å². The molecule has 0 saturated carbocycles. The first kappa shape index (κ1) is 11.4. The van der Waals surface area contributed by atoms with Gasteiger partial charge >= 0.3 is 6.09 Å². The second-order valence-electron chi connectivity index (χ2n) is 3.12. The Bertz CT molecular complexity index is 498. The SMILES string of the molecule is CNc1scnc1OC(=O)Nc1ccccc1. The maximum atomic E-state index is 11.6. The Balaban J connectivity index is 1.98. The first-order valence-corrected chi connectivity index (χ1v) is 5.82. The van der Waals surface area contributed by atoms with E-state index in [-0.39, 0.29) is 5.88 Å². The second-order valence-corrected chi connectivity index (χ2v) is 3.97. The number of carbonyl (C=O) groups excluding carboxylic acids is 1. The third kappa shape index (κ3) is 2.94. The number of nitrogens with zero attached hydrogens (tertiary/aromatic N) is 1. The van der Waals surface area contributed by atoms with Gasteiger partial charge in [0.15, 0.2) is 5.00 Å². The molecular weight excluding hydrogens is 238 g/mol. The summed E-state index contributed by atoms with van der Waals surface area (Å²) in [5.41, 5.74) is 2.29. The molecule has 0 radical (unpaired) electrons. The summed E-state index contributed by atoms with van der Waals surface area (Å²) in [7, 11) is 1.75. The summed E-state index contributed by atoms with van der Waals surface area (Å²) < 4.78 is 5.07. The number of hydrogen-bond acceptors (Lipinski definition) is 5. The Labute approximate surface area is 102 Å². The second kappa shape index (κ2) is 5.31. The van der Waals surface area contributed by atoms with E-state index in [0.717, 1.165) is 0 Å². The molecule has 2 rings (SSSR count). The molecule has 17 heavy (non-hydrogen) atoms. The van der Waals surface area contributed by atoms with E-state index in [2.05, 4.69) is 15.6 Å². The largest absolute Gasteiger partial charge is 0.418 e. The smallest absolute Gasteiger partial charge is 0.388 e. The number of rotatable bonds is 3. The van der Waals surface area contributed by atoms with Crippen molar-refractivity contribution >= 4 is 28.1 Å². The lowest BCUT2D eigenvalue weighted by atomic mass is 10.3. The zero-order chi connectivity index (χ0) is 12.1. The summed E-state index contributed by atoms with van der Waals surface area (Å²) in [6.07, 6.45) is -0.557. The van der Waals surface area contributed by atoms with Crippen molar-refractivity contribution < 1.29 is 9.53 Å². The lowest BCUT2D eigenvalue weighted by Gasteiger charge is -2.05. The molecule has 2 aromatic rings. The molecule has 1 amide bonds. The quantitative estimate of drug-likeness (QED) is 0.878. The van der Waals surface area contributed by atoms with Crippen LogP contribution in [-0.4, -0.2) is 18.1 Å². The molecule has 0 unspecified atom stereocenters. The minimum atomic E-state index is -0.557. The number of amides is 1. The van der Waals surface area contributed by atoms with Gasteiger partial charge < -0.3 is 10.1 Å². The van der Waals surface area contributed by atoms with Gasteiger partial charge in [0.2, 0.25) is 0 Å². The van der Waals surface area contributed by atoms with Crippen molar-refractivity contribution in [3.05, 3.63) is 35.8 Å². The van der Waals surface area contributed by atoms with Crippen molar-refractivity contribution in [3.63, 3.8) is 0 Å². The third-order valence-corrected chi connectivity index (χ3v) is 2.80. The Morgan fingerprint density at radius 1 is 1.35 bits per heavy atom. The highest BCUT2D eigenvalue weighted by Crippen LogP contribution is 2.26. The van der Waals surface area contributed by atoms with Gasteiger partial charge in [-0.2, -0.15) is 0 Å². The lowest BCUT2D eigenvalue weighted by Crippen LogP contribution is -2.17. The topological polar surface area (TPSA) is 63.3 Å². The summed E-state index contributed by atoms with van der Waals surface area (Å²) in [5, 5.41) is 6.22. The normalized spacial score (nSPS) is 9.71. The summed E-state index contributed by atoms with van der Waals surface area (Å²) in [4.78, 5) is 15.5. The van der Waals surface area contributed by atoms with E-state index in [4.69, 9.17) is 4.74 Å². The van der Waals surface area contributed by atoms with Gasteiger partial charge in [-0.15, -0.1) is 11.3 Å². The van der Waals surface area contributed by atoms with Crippen molar-refractivity contribution in [1.82, 2.24) is 4.98 Å². The van der Waals surface area contributed by atoms with E-state index < -0.39 is 6.09 Å². The fourth-order valence-corrected chi connectivity index (χ4v) is 1.79. The molecule has 1 aromatic heterocycles. The number of nitrogens with one attached hydrogen (secondary N) is 2. The minimum Gasteiger partial charge on any atom is -0.388 e. The molecule has 0 atom stereocenters. The van der Waals surface area contributed by atoms with Crippen LogP contribution in [-0.2, 0) is 0 Å². The van der Waals surface area contributed by atoms with Crippen LogP contribution in [0.3, 0.4) is 0 Å². The van der Waals surface area contributed by atoms with E-state index in [1.165, 1.54) is 11.3 Å². The Morgan fingerprint density at radius 2 is 2.12 bits per heavy atom. The van der Waals surface area contributed by atoms with E-state index in [1.807, 2.05) is 18.2 Å². The van der Waals surface area contributed by atoms with Crippen molar-refractivity contribution in [3.8, 4) is 5.88 Å². The zero-order valence-corrected chi connectivity index (χ0v) is 9.95. The predicted octanol–water partition coefficient (Wildman–Crippen LogP) is 2.80. The molecule has 6 heteroatoms.